The van der Waals surface area contributed by atoms with Crippen LogP contribution in [0.1, 0.15) is 42.9 Å². The van der Waals surface area contributed by atoms with Gasteiger partial charge in [0.15, 0.2) is 5.11 Å². The van der Waals surface area contributed by atoms with Crippen molar-refractivity contribution in [1.82, 2.24) is 15.1 Å². The lowest BCUT2D eigenvalue weighted by molar-refractivity contribution is -0.146. The number of carbonyl (C=O) groups excluding carboxylic acids is 2. The Balaban J connectivity index is 1.42. The first-order chi connectivity index (χ1) is 19.9. The Morgan fingerprint density at radius 3 is 2.34 bits per heavy atom. The topological polar surface area (TPSA) is 83.1 Å². The molecule has 1 aliphatic carbocycles. The minimum absolute atomic E-state index is 0.00495. The third-order valence-corrected chi connectivity index (χ3v) is 8.40. The van der Waals surface area contributed by atoms with Crippen LogP contribution in [-0.2, 0) is 16.1 Å². The van der Waals surface area contributed by atoms with E-state index in [0.717, 1.165) is 24.0 Å². The zero-order valence-corrected chi connectivity index (χ0v) is 24.3. The summed E-state index contributed by atoms with van der Waals surface area (Å²) in [5.74, 6) is 0.769. The van der Waals surface area contributed by atoms with Gasteiger partial charge >= 0.3 is 0 Å². The number of hydrogen-bond acceptors (Lipinski definition) is 5. The van der Waals surface area contributed by atoms with Crippen molar-refractivity contribution in [3.8, 4) is 11.5 Å². The van der Waals surface area contributed by atoms with Crippen molar-refractivity contribution >= 4 is 34.8 Å². The largest absolute Gasteiger partial charge is 0.497 e. The summed E-state index contributed by atoms with van der Waals surface area (Å²) in [6, 6.07) is 25.2. The van der Waals surface area contributed by atoms with Crippen molar-refractivity contribution in [3.63, 3.8) is 0 Å². The lowest BCUT2D eigenvalue weighted by Crippen LogP contribution is -2.59. The molecular weight excluding hydrogens is 536 g/mol. The first kappa shape index (κ1) is 28.4. The van der Waals surface area contributed by atoms with E-state index in [1.165, 1.54) is 0 Å². The molecule has 3 aromatic carbocycles. The first-order valence-electron chi connectivity index (χ1n) is 13.9. The van der Waals surface area contributed by atoms with E-state index in [1.54, 1.807) is 37.3 Å². The smallest absolute Gasteiger partial charge is 0.250 e. The van der Waals surface area contributed by atoms with Gasteiger partial charge in [0.2, 0.25) is 11.8 Å². The van der Waals surface area contributed by atoms with Crippen molar-refractivity contribution < 1.29 is 19.1 Å². The van der Waals surface area contributed by atoms with Crippen LogP contribution in [0.4, 0.5) is 5.69 Å². The van der Waals surface area contributed by atoms with Crippen LogP contribution in [-0.4, -0.2) is 59.6 Å². The van der Waals surface area contributed by atoms with Gasteiger partial charge in [-0.1, -0.05) is 73.5 Å². The highest BCUT2D eigenvalue weighted by Crippen LogP contribution is 2.39. The summed E-state index contributed by atoms with van der Waals surface area (Å²) in [4.78, 5) is 32.1. The number of rotatable bonds is 10. The molecule has 2 aliphatic rings. The molecule has 8 nitrogen and oxygen atoms in total. The van der Waals surface area contributed by atoms with Crippen molar-refractivity contribution in [2.45, 2.75) is 43.8 Å². The molecule has 1 atom stereocenters. The van der Waals surface area contributed by atoms with Crippen LogP contribution in [0.25, 0.3) is 0 Å². The third-order valence-electron chi connectivity index (χ3n) is 8.03. The van der Waals surface area contributed by atoms with E-state index in [9.17, 15) is 9.59 Å². The number of hydrogen-bond donors (Lipinski definition) is 2. The second kappa shape index (κ2) is 12.6. The molecule has 2 amide bonds. The number of ether oxygens (including phenoxy) is 2. The normalized spacial score (nSPS) is 17.6. The van der Waals surface area contributed by atoms with Crippen LogP contribution in [0, 0.1) is 0 Å². The lowest BCUT2D eigenvalue weighted by atomic mass is 9.92. The predicted octanol–water partition coefficient (Wildman–Crippen LogP) is 4.92. The average Bonchev–Trinajstić information content (AvgIpc) is 3.65. The quantitative estimate of drug-likeness (QED) is 0.334. The Kier molecular flexibility index (Phi) is 8.73. The van der Waals surface area contributed by atoms with E-state index in [-0.39, 0.29) is 24.4 Å². The highest BCUT2D eigenvalue weighted by atomic mass is 32.1. The molecule has 214 valence electrons. The van der Waals surface area contributed by atoms with Gasteiger partial charge in [-0.25, -0.2) is 0 Å². The van der Waals surface area contributed by atoms with Crippen LogP contribution in [0.15, 0.2) is 78.9 Å². The summed E-state index contributed by atoms with van der Waals surface area (Å²) in [5, 5.41) is 6.98. The van der Waals surface area contributed by atoms with E-state index in [0.29, 0.717) is 48.2 Å². The summed E-state index contributed by atoms with van der Waals surface area (Å²) < 4.78 is 10.8. The second-order valence-electron chi connectivity index (χ2n) is 10.5. The molecule has 1 saturated heterocycles. The third kappa shape index (κ3) is 6.15. The molecular formula is C32H36N4O4S. The Hall–Kier alpha value is -4.11. The molecule has 9 heteroatoms. The summed E-state index contributed by atoms with van der Waals surface area (Å²) in [6.45, 7) is 0.988. The Bertz CT molecular complexity index is 1380. The molecule has 3 aromatic rings. The number of amides is 2. The molecule has 5 rings (SSSR count). The number of nitrogens with zero attached hydrogens (tertiary/aromatic N) is 2. The highest BCUT2D eigenvalue weighted by Gasteiger charge is 2.49. The fraction of sp³-hybridized carbons (Fsp3) is 0.344. The van der Waals surface area contributed by atoms with Crippen LogP contribution in [0.2, 0.25) is 0 Å². The molecule has 0 radical (unpaired) electrons. The van der Waals surface area contributed by atoms with Gasteiger partial charge in [0.05, 0.1) is 32.5 Å². The van der Waals surface area contributed by atoms with E-state index in [4.69, 9.17) is 21.7 Å². The van der Waals surface area contributed by atoms with Gasteiger partial charge in [-0.15, -0.1) is 0 Å². The number of anilines is 1. The molecule has 0 spiro atoms. The fourth-order valence-electron chi connectivity index (χ4n) is 5.81. The van der Waals surface area contributed by atoms with E-state index in [2.05, 4.69) is 22.8 Å². The second-order valence-corrected chi connectivity index (χ2v) is 10.9. The number of carbonyl (C=O) groups is 2. The molecule has 2 N–H and O–H groups in total. The van der Waals surface area contributed by atoms with Gasteiger partial charge in [-0.3, -0.25) is 9.59 Å². The van der Waals surface area contributed by atoms with Crippen LogP contribution in [0.3, 0.4) is 0 Å². The predicted molar refractivity (Wildman–Crippen MR) is 163 cm³/mol. The molecule has 41 heavy (non-hydrogen) atoms. The summed E-state index contributed by atoms with van der Waals surface area (Å²) in [5.41, 5.74) is 1.61. The minimum atomic E-state index is -1.01. The van der Waals surface area contributed by atoms with Crippen molar-refractivity contribution in [1.29, 1.82) is 0 Å². The molecule has 0 unspecified atom stereocenters. The highest BCUT2D eigenvalue weighted by molar-refractivity contribution is 7.80. The Morgan fingerprint density at radius 1 is 1.00 bits per heavy atom. The first-order valence-corrected chi connectivity index (χ1v) is 14.3. The number of thiocarbonyl (C=S) groups is 1. The molecule has 1 aliphatic heterocycles. The zero-order chi connectivity index (χ0) is 28.8. The molecule has 2 fully saturated rings. The van der Waals surface area contributed by atoms with Gasteiger partial charge in [0.1, 0.15) is 17.0 Å². The van der Waals surface area contributed by atoms with Gasteiger partial charge in [-0.2, -0.15) is 0 Å². The van der Waals surface area contributed by atoms with E-state index < -0.39 is 5.54 Å². The minimum Gasteiger partial charge on any atom is -0.497 e. The van der Waals surface area contributed by atoms with Crippen LogP contribution < -0.4 is 20.1 Å². The molecule has 0 aromatic heterocycles. The maximum absolute atomic E-state index is 14.2. The Labute approximate surface area is 246 Å². The van der Waals surface area contributed by atoms with E-state index >= 15 is 0 Å². The molecule has 1 saturated carbocycles. The van der Waals surface area contributed by atoms with Crippen LogP contribution in [0.5, 0.6) is 11.5 Å². The fourth-order valence-corrected chi connectivity index (χ4v) is 6.09. The lowest BCUT2D eigenvalue weighted by Gasteiger charge is -2.41. The van der Waals surface area contributed by atoms with Crippen LogP contribution >= 0.6 is 12.2 Å². The SMILES string of the molecule is COc1ccc(NC(=O)C2(N(Cc3ccccc3)C(=O)CN3C[C@@H](c4ccccc4)NC3=S)CCCC2)c(OC)c1. The summed E-state index contributed by atoms with van der Waals surface area (Å²) >= 11 is 5.64. The monoisotopic (exact) mass is 572 g/mol. The number of methoxy groups -OCH3 is 2. The maximum Gasteiger partial charge on any atom is 0.250 e. The average molecular weight is 573 g/mol. The van der Waals surface area contributed by atoms with Crippen molar-refractivity contribution in [2.24, 2.45) is 0 Å². The zero-order valence-electron chi connectivity index (χ0n) is 23.5. The van der Waals surface area contributed by atoms with Crippen molar-refractivity contribution in [2.75, 3.05) is 32.6 Å². The van der Waals surface area contributed by atoms with Crippen molar-refractivity contribution in [3.05, 3.63) is 90.0 Å². The molecule has 0 bridgehead atoms. The number of benzene rings is 3. The van der Waals surface area contributed by atoms with Gasteiger partial charge in [-0.05, 0) is 48.3 Å². The maximum atomic E-state index is 14.2. The van der Waals surface area contributed by atoms with Gasteiger partial charge in [0.25, 0.3) is 0 Å². The van der Waals surface area contributed by atoms with E-state index in [1.807, 2.05) is 53.4 Å². The van der Waals surface area contributed by atoms with Gasteiger partial charge < -0.3 is 29.9 Å². The standard InChI is InChI=1S/C32H36N4O4S/c1-39-25-15-16-26(28(19-25)40-2)33-30(38)32(17-9-10-18-32)36(20-23-11-5-3-6-12-23)29(37)22-35-21-27(34-31(35)41)24-13-7-4-8-14-24/h3-8,11-16,19,27H,9-10,17-18,20-22H2,1-2H3,(H,33,38)(H,34,41)/t27-/m0/s1. The molecule has 1 heterocycles. The number of nitrogens with one attached hydrogen (secondary N) is 2. The Morgan fingerprint density at radius 2 is 1.68 bits per heavy atom. The summed E-state index contributed by atoms with van der Waals surface area (Å²) in [6.07, 6.45) is 2.85. The van der Waals surface area contributed by atoms with Gasteiger partial charge in [0, 0.05) is 19.2 Å². The summed E-state index contributed by atoms with van der Waals surface area (Å²) in [7, 11) is 3.13.